The highest BCUT2D eigenvalue weighted by molar-refractivity contribution is 5.77. The summed E-state index contributed by atoms with van der Waals surface area (Å²) >= 11 is 0. The van der Waals surface area contributed by atoms with Crippen molar-refractivity contribution in [1.82, 2.24) is 14.9 Å². The van der Waals surface area contributed by atoms with Gasteiger partial charge in [0.25, 0.3) is 5.56 Å². The number of likely N-dealkylation sites (tertiary alicyclic amines) is 1. The molecule has 0 aromatic carbocycles. The van der Waals surface area contributed by atoms with Gasteiger partial charge in [0, 0.05) is 43.8 Å². The van der Waals surface area contributed by atoms with E-state index in [9.17, 15) is 9.59 Å². The molecule has 8 nitrogen and oxygen atoms in total. The van der Waals surface area contributed by atoms with Crippen LogP contribution in [0.4, 0.5) is 5.95 Å². The first-order valence-corrected chi connectivity index (χ1v) is 10.9. The van der Waals surface area contributed by atoms with Crippen molar-refractivity contribution in [2.45, 2.75) is 50.9 Å². The Labute approximate surface area is 171 Å². The first-order valence-electron chi connectivity index (χ1n) is 10.9. The summed E-state index contributed by atoms with van der Waals surface area (Å²) in [4.78, 5) is 37.1. The minimum absolute atomic E-state index is 0.00352. The van der Waals surface area contributed by atoms with Gasteiger partial charge in [0.2, 0.25) is 11.9 Å². The molecule has 1 aromatic heterocycles. The number of nitrogens with zero attached hydrogens (tertiary/aromatic N) is 3. The molecule has 1 aliphatic carbocycles. The van der Waals surface area contributed by atoms with Gasteiger partial charge in [0.05, 0.1) is 18.9 Å². The highest BCUT2D eigenvalue weighted by atomic mass is 16.5. The molecule has 1 aromatic rings. The Balaban J connectivity index is 1.44. The molecule has 29 heavy (non-hydrogen) atoms. The first kappa shape index (κ1) is 20.3. The van der Waals surface area contributed by atoms with Crippen LogP contribution in [0.3, 0.4) is 0 Å². The van der Waals surface area contributed by atoms with Crippen molar-refractivity contribution in [3.8, 4) is 0 Å². The fourth-order valence-corrected chi connectivity index (χ4v) is 4.73. The smallest absolute Gasteiger partial charge is 0.255 e. The Morgan fingerprint density at radius 3 is 2.69 bits per heavy atom. The fraction of sp³-hybridized carbons (Fsp3) is 0.762. The summed E-state index contributed by atoms with van der Waals surface area (Å²) in [6, 6.07) is 0. The van der Waals surface area contributed by atoms with Crippen LogP contribution in [0.15, 0.2) is 4.79 Å². The third-order valence-corrected chi connectivity index (χ3v) is 6.61. The number of rotatable bonds is 6. The summed E-state index contributed by atoms with van der Waals surface area (Å²) in [5, 5.41) is 0. The molecule has 0 saturated carbocycles. The molecule has 1 spiro atoms. The largest absolute Gasteiger partial charge is 0.378 e. The summed E-state index contributed by atoms with van der Waals surface area (Å²) < 4.78 is 10.9. The Bertz CT molecular complexity index is 779. The minimum atomic E-state index is -0.0789. The van der Waals surface area contributed by atoms with E-state index in [2.05, 4.69) is 16.8 Å². The molecule has 0 bridgehead atoms. The van der Waals surface area contributed by atoms with E-state index >= 15 is 0 Å². The molecule has 3 heterocycles. The van der Waals surface area contributed by atoms with Gasteiger partial charge in [-0.3, -0.25) is 14.6 Å². The van der Waals surface area contributed by atoms with E-state index in [0.29, 0.717) is 38.9 Å². The SMILES string of the molecule is CCCCOCC(=O)N1CCC2(CCc3c2nc(N2CCOCC2)[nH]c3=O)CC1. The van der Waals surface area contributed by atoms with Gasteiger partial charge in [-0.25, -0.2) is 4.98 Å². The van der Waals surface area contributed by atoms with Crippen LogP contribution in [-0.2, 0) is 26.1 Å². The Kier molecular flexibility index (Phi) is 6.20. The molecule has 0 unspecified atom stereocenters. The minimum Gasteiger partial charge on any atom is -0.378 e. The quantitative estimate of drug-likeness (QED) is 0.718. The second kappa shape index (κ2) is 8.83. The average Bonchev–Trinajstić information content (AvgIpc) is 3.11. The number of piperidine rings is 1. The van der Waals surface area contributed by atoms with E-state index in [1.54, 1.807) is 0 Å². The number of hydrogen-bond acceptors (Lipinski definition) is 6. The van der Waals surface area contributed by atoms with Crippen LogP contribution in [0.2, 0.25) is 0 Å². The number of unbranched alkanes of at least 4 members (excludes halogenated alkanes) is 1. The highest BCUT2D eigenvalue weighted by Crippen LogP contribution is 2.44. The lowest BCUT2D eigenvalue weighted by Crippen LogP contribution is -2.46. The highest BCUT2D eigenvalue weighted by Gasteiger charge is 2.44. The molecule has 3 aliphatic rings. The van der Waals surface area contributed by atoms with Crippen molar-refractivity contribution >= 4 is 11.9 Å². The molecular formula is C21H32N4O4. The summed E-state index contributed by atoms with van der Waals surface area (Å²) in [5.74, 6) is 0.739. The van der Waals surface area contributed by atoms with Crippen LogP contribution < -0.4 is 10.5 Å². The van der Waals surface area contributed by atoms with E-state index in [1.807, 2.05) is 4.90 Å². The monoisotopic (exact) mass is 404 g/mol. The normalized spacial score (nSPS) is 20.9. The lowest BCUT2D eigenvalue weighted by Gasteiger charge is -2.39. The number of ether oxygens (including phenoxy) is 2. The number of nitrogens with one attached hydrogen (secondary N) is 1. The van der Waals surface area contributed by atoms with Crippen molar-refractivity contribution in [2.75, 3.05) is 57.5 Å². The van der Waals surface area contributed by atoms with E-state index in [0.717, 1.165) is 62.9 Å². The third kappa shape index (κ3) is 4.19. The standard InChI is InChI=1S/C21H32N4O4/c1-2-3-12-29-15-17(26)24-8-6-21(7-9-24)5-4-16-18(21)22-20(23-19(16)27)25-10-13-28-14-11-25/h2-15H2,1H3,(H,22,23,27). The number of carbonyl (C=O) groups is 1. The van der Waals surface area contributed by atoms with E-state index < -0.39 is 0 Å². The summed E-state index contributed by atoms with van der Waals surface area (Å²) in [6.45, 7) is 7.13. The number of aromatic nitrogens is 2. The van der Waals surface area contributed by atoms with Crippen molar-refractivity contribution in [3.63, 3.8) is 0 Å². The van der Waals surface area contributed by atoms with Gasteiger partial charge < -0.3 is 19.3 Å². The van der Waals surface area contributed by atoms with Crippen molar-refractivity contribution in [1.29, 1.82) is 0 Å². The molecule has 0 radical (unpaired) electrons. The van der Waals surface area contributed by atoms with Gasteiger partial charge in [-0.1, -0.05) is 13.3 Å². The maximum Gasteiger partial charge on any atom is 0.255 e. The second-order valence-corrected chi connectivity index (χ2v) is 8.38. The predicted octanol–water partition coefficient (Wildman–Crippen LogP) is 1.23. The van der Waals surface area contributed by atoms with Crippen LogP contribution in [0.25, 0.3) is 0 Å². The van der Waals surface area contributed by atoms with Gasteiger partial charge in [-0.2, -0.15) is 0 Å². The van der Waals surface area contributed by atoms with Crippen LogP contribution in [-0.4, -0.2) is 73.4 Å². The predicted molar refractivity (Wildman–Crippen MR) is 109 cm³/mol. The maximum atomic E-state index is 12.7. The number of amides is 1. The number of morpholine rings is 1. The lowest BCUT2D eigenvalue weighted by molar-refractivity contribution is -0.137. The molecule has 1 N–H and O–H groups in total. The van der Waals surface area contributed by atoms with Gasteiger partial charge >= 0.3 is 0 Å². The first-order chi connectivity index (χ1) is 14.1. The molecular weight excluding hydrogens is 372 g/mol. The molecule has 8 heteroatoms. The van der Waals surface area contributed by atoms with Gasteiger partial charge in [0.1, 0.15) is 6.61 Å². The second-order valence-electron chi connectivity index (χ2n) is 8.38. The van der Waals surface area contributed by atoms with Crippen LogP contribution >= 0.6 is 0 Å². The topological polar surface area (TPSA) is 87.8 Å². The zero-order chi connectivity index (χ0) is 20.3. The van der Waals surface area contributed by atoms with Crippen molar-refractivity contribution < 1.29 is 14.3 Å². The Hall–Kier alpha value is -1.93. The number of aromatic amines is 1. The lowest BCUT2D eigenvalue weighted by atomic mass is 9.76. The van der Waals surface area contributed by atoms with Crippen molar-refractivity contribution in [2.24, 2.45) is 0 Å². The number of anilines is 1. The third-order valence-electron chi connectivity index (χ3n) is 6.61. The number of carbonyl (C=O) groups excluding carboxylic acids is 1. The molecule has 160 valence electrons. The van der Waals surface area contributed by atoms with Crippen LogP contribution in [0, 0.1) is 0 Å². The molecule has 2 saturated heterocycles. The van der Waals surface area contributed by atoms with Gasteiger partial charge in [0.15, 0.2) is 0 Å². The van der Waals surface area contributed by atoms with E-state index in [4.69, 9.17) is 14.5 Å². The fourth-order valence-electron chi connectivity index (χ4n) is 4.73. The number of fused-ring (bicyclic) bond motifs is 2. The zero-order valence-electron chi connectivity index (χ0n) is 17.4. The number of hydrogen-bond donors (Lipinski definition) is 1. The Morgan fingerprint density at radius 2 is 1.97 bits per heavy atom. The van der Waals surface area contributed by atoms with Gasteiger partial charge in [-0.15, -0.1) is 0 Å². The zero-order valence-corrected chi connectivity index (χ0v) is 17.4. The summed E-state index contributed by atoms with van der Waals surface area (Å²) in [7, 11) is 0. The molecule has 1 amide bonds. The average molecular weight is 405 g/mol. The molecule has 2 aliphatic heterocycles. The van der Waals surface area contributed by atoms with E-state index in [-0.39, 0.29) is 23.5 Å². The van der Waals surface area contributed by atoms with Crippen LogP contribution in [0.5, 0.6) is 0 Å². The summed E-state index contributed by atoms with van der Waals surface area (Å²) in [6.07, 6.45) is 5.49. The molecule has 2 fully saturated rings. The van der Waals surface area contributed by atoms with Crippen LogP contribution in [0.1, 0.15) is 50.3 Å². The van der Waals surface area contributed by atoms with Crippen molar-refractivity contribution in [3.05, 3.63) is 21.6 Å². The molecule has 4 rings (SSSR count). The van der Waals surface area contributed by atoms with E-state index in [1.165, 1.54) is 0 Å². The Morgan fingerprint density at radius 1 is 1.21 bits per heavy atom. The van der Waals surface area contributed by atoms with Gasteiger partial charge in [-0.05, 0) is 32.1 Å². The molecule has 0 atom stereocenters. The summed E-state index contributed by atoms with van der Waals surface area (Å²) in [5.41, 5.74) is 1.72. The number of H-pyrrole nitrogens is 1. The maximum absolute atomic E-state index is 12.7.